The molecule has 1 aliphatic rings. The molecule has 0 radical (unpaired) electrons. The van der Waals surface area contributed by atoms with Crippen molar-refractivity contribution in [1.29, 1.82) is 0 Å². The molecule has 7 heteroatoms. The number of guanidine groups is 1. The molecular weight excluding hydrogens is 343 g/mol. The minimum atomic E-state index is 0. The van der Waals surface area contributed by atoms with Crippen LogP contribution in [0.1, 0.15) is 18.1 Å². The Morgan fingerprint density at radius 2 is 2.33 bits per heavy atom. The molecule has 0 bridgehead atoms. The number of aliphatic imine (C=N–C) groups is 1. The van der Waals surface area contributed by atoms with Crippen LogP contribution in [0, 0.1) is 0 Å². The molecule has 0 saturated heterocycles. The summed E-state index contributed by atoms with van der Waals surface area (Å²) in [5, 5.41) is 14.6. The largest absolute Gasteiger partial charge is 0.353 e. The van der Waals surface area contributed by atoms with Gasteiger partial charge in [0.1, 0.15) is 5.82 Å². The Morgan fingerprint density at radius 1 is 1.50 bits per heavy atom. The summed E-state index contributed by atoms with van der Waals surface area (Å²) >= 11 is 0. The van der Waals surface area contributed by atoms with Gasteiger partial charge < -0.3 is 15.2 Å². The lowest BCUT2D eigenvalue weighted by molar-refractivity contribution is 0.665. The number of aryl methyl sites for hydroxylation is 1. The maximum Gasteiger partial charge on any atom is 0.191 e. The zero-order chi connectivity index (χ0) is 12.1. The summed E-state index contributed by atoms with van der Waals surface area (Å²) in [6.07, 6.45) is 4.00. The quantitative estimate of drug-likeness (QED) is 0.358. The number of aromatic nitrogens is 3. The van der Waals surface area contributed by atoms with Crippen LogP contribution in [0.15, 0.2) is 17.6 Å². The summed E-state index contributed by atoms with van der Waals surface area (Å²) in [6.45, 7) is 6.01. The number of rotatable bonds is 4. The molecule has 0 fully saturated rings. The highest BCUT2D eigenvalue weighted by atomic mass is 127. The lowest BCUT2D eigenvalue weighted by atomic mass is 10.4. The summed E-state index contributed by atoms with van der Waals surface area (Å²) in [4.78, 5) is 4.11. The average Bonchev–Trinajstić information content (AvgIpc) is 2.93. The van der Waals surface area contributed by atoms with Crippen molar-refractivity contribution in [1.82, 2.24) is 25.4 Å². The third-order valence-electron chi connectivity index (χ3n) is 2.74. The number of hydrogen-bond donors (Lipinski definition) is 2. The lowest BCUT2D eigenvalue weighted by Gasteiger charge is -2.10. The summed E-state index contributed by atoms with van der Waals surface area (Å²) < 4.78 is 2.17. The van der Waals surface area contributed by atoms with E-state index in [1.807, 2.05) is 0 Å². The van der Waals surface area contributed by atoms with Crippen LogP contribution in [-0.4, -0.2) is 34.3 Å². The van der Waals surface area contributed by atoms with Gasteiger partial charge >= 0.3 is 0 Å². The molecule has 1 aliphatic heterocycles. The Hall–Kier alpha value is -1.12. The van der Waals surface area contributed by atoms with E-state index >= 15 is 0 Å². The van der Waals surface area contributed by atoms with Crippen molar-refractivity contribution >= 4 is 29.9 Å². The maximum atomic E-state index is 4.17. The van der Waals surface area contributed by atoms with Crippen LogP contribution in [0.25, 0.3) is 0 Å². The highest BCUT2D eigenvalue weighted by Crippen LogP contribution is 2.13. The highest BCUT2D eigenvalue weighted by molar-refractivity contribution is 14.0. The summed E-state index contributed by atoms with van der Waals surface area (Å²) in [5.74, 6) is 2.81. The molecule has 2 N–H and O–H groups in total. The third kappa shape index (κ3) is 3.44. The molecule has 0 aliphatic carbocycles. The van der Waals surface area contributed by atoms with E-state index in [0.717, 1.165) is 30.6 Å². The molecule has 0 spiro atoms. The molecule has 100 valence electrons. The molecule has 0 saturated carbocycles. The number of fused-ring (bicyclic) bond motifs is 1. The van der Waals surface area contributed by atoms with Gasteiger partial charge in [0, 0.05) is 26.6 Å². The second-order valence-corrected chi connectivity index (χ2v) is 3.88. The molecule has 0 amide bonds. The van der Waals surface area contributed by atoms with Gasteiger partial charge in [0.25, 0.3) is 0 Å². The minimum absolute atomic E-state index is 0. The Balaban J connectivity index is 0.00000162. The van der Waals surface area contributed by atoms with Crippen LogP contribution in [-0.2, 0) is 19.5 Å². The van der Waals surface area contributed by atoms with E-state index in [4.69, 9.17) is 0 Å². The highest BCUT2D eigenvalue weighted by Gasteiger charge is 2.16. The monoisotopic (exact) mass is 362 g/mol. The van der Waals surface area contributed by atoms with Gasteiger partial charge in [-0.1, -0.05) is 6.08 Å². The zero-order valence-corrected chi connectivity index (χ0v) is 12.8. The summed E-state index contributed by atoms with van der Waals surface area (Å²) in [6, 6.07) is 0. The topological polar surface area (TPSA) is 67.1 Å². The zero-order valence-electron chi connectivity index (χ0n) is 10.5. The van der Waals surface area contributed by atoms with Crippen molar-refractivity contribution in [3.8, 4) is 0 Å². The fourth-order valence-electron chi connectivity index (χ4n) is 1.89. The van der Waals surface area contributed by atoms with E-state index in [2.05, 4.69) is 37.0 Å². The number of nitrogens with zero attached hydrogens (tertiary/aromatic N) is 4. The van der Waals surface area contributed by atoms with Crippen LogP contribution >= 0.6 is 24.0 Å². The molecule has 2 rings (SSSR count). The second kappa shape index (κ2) is 7.34. The first-order valence-corrected chi connectivity index (χ1v) is 5.81. The predicted octanol–water partition coefficient (Wildman–Crippen LogP) is 0.693. The van der Waals surface area contributed by atoms with Crippen molar-refractivity contribution in [2.45, 2.75) is 25.9 Å². The Kier molecular flexibility index (Phi) is 6.10. The van der Waals surface area contributed by atoms with E-state index < -0.39 is 0 Å². The Bertz CT molecular complexity index is 425. The van der Waals surface area contributed by atoms with Crippen LogP contribution in [0.3, 0.4) is 0 Å². The van der Waals surface area contributed by atoms with Gasteiger partial charge in [0.2, 0.25) is 0 Å². The minimum Gasteiger partial charge on any atom is -0.353 e. The first-order valence-electron chi connectivity index (χ1n) is 5.81. The molecular formula is C11H19IN6. The van der Waals surface area contributed by atoms with E-state index in [9.17, 15) is 0 Å². The van der Waals surface area contributed by atoms with Gasteiger partial charge in [-0.15, -0.1) is 40.8 Å². The van der Waals surface area contributed by atoms with E-state index in [-0.39, 0.29) is 24.0 Å². The van der Waals surface area contributed by atoms with Gasteiger partial charge in [-0.05, 0) is 6.42 Å². The van der Waals surface area contributed by atoms with Gasteiger partial charge in [-0.25, -0.2) is 0 Å². The summed E-state index contributed by atoms with van der Waals surface area (Å²) in [5.41, 5.74) is 0. The van der Waals surface area contributed by atoms with Crippen molar-refractivity contribution in [3.63, 3.8) is 0 Å². The van der Waals surface area contributed by atoms with E-state index in [1.165, 1.54) is 6.42 Å². The average molecular weight is 362 g/mol. The number of halogens is 1. The Labute approximate surface area is 124 Å². The standard InChI is InChI=1S/C11H18N6.HI/c1-3-6-13-11(12-2)14-8-10-16-15-9-5-4-7-17(9)10;/h3H,1,4-8H2,2H3,(H2,12,13,14);1H. The third-order valence-corrected chi connectivity index (χ3v) is 2.74. The van der Waals surface area contributed by atoms with Crippen LogP contribution < -0.4 is 10.6 Å². The normalized spacial score (nSPS) is 13.7. The van der Waals surface area contributed by atoms with Gasteiger partial charge in [0.15, 0.2) is 11.8 Å². The molecule has 2 heterocycles. The lowest BCUT2D eigenvalue weighted by Crippen LogP contribution is -2.37. The Morgan fingerprint density at radius 3 is 3.06 bits per heavy atom. The first-order chi connectivity index (χ1) is 8.35. The smallest absolute Gasteiger partial charge is 0.191 e. The van der Waals surface area contributed by atoms with Crippen LogP contribution in [0.5, 0.6) is 0 Å². The molecule has 0 atom stereocenters. The van der Waals surface area contributed by atoms with E-state index in [0.29, 0.717) is 13.1 Å². The number of hydrogen-bond acceptors (Lipinski definition) is 3. The number of nitrogens with one attached hydrogen (secondary N) is 2. The molecule has 1 aromatic rings. The second-order valence-electron chi connectivity index (χ2n) is 3.88. The van der Waals surface area contributed by atoms with Crippen LogP contribution in [0.4, 0.5) is 0 Å². The fourth-order valence-corrected chi connectivity index (χ4v) is 1.89. The van der Waals surface area contributed by atoms with Crippen molar-refractivity contribution in [2.24, 2.45) is 4.99 Å². The van der Waals surface area contributed by atoms with Crippen LogP contribution in [0.2, 0.25) is 0 Å². The SMILES string of the molecule is C=CCNC(=NC)NCc1nnc2n1CCC2.I. The van der Waals surface area contributed by atoms with E-state index in [1.54, 1.807) is 13.1 Å². The van der Waals surface area contributed by atoms with Crippen molar-refractivity contribution < 1.29 is 0 Å². The van der Waals surface area contributed by atoms with Gasteiger partial charge in [0.05, 0.1) is 6.54 Å². The van der Waals surface area contributed by atoms with Crippen molar-refractivity contribution in [2.75, 3.05) is 13.6 Å². The van der Waals surface area contributed by atoms with Gasteiger partial charge in [-0.2, -0.15) is 0 Å². The molecule has 18 heavy (non-hydrogen) atoms. The first kappa shape index (κ1) is 14.9. The van der Waals surface area contributed by atoms with Gasteiger partial charge in [-0.3, -0.25) is 4.99 Å². The molecule has 0 aromatic carbocycles. The maximum absolute atomic E-state index is 4.17. The molecule has 1 aromatic heterocycles. The van der Waals surface area contributed by atoms with Crippen molar-refractivity contribution in [3.05, 3.63) is 24.3 Å². The molecule has 0 unspecified atom stereocenters. The molecule has 6 nitrogen and oxygen atoms in total. The predicted molar refractivity (Wildman–Crippen MR) is 82.2 cm³/mol. The summed E-state index contributed by atoms with van der Waals surface area (Å²) in [7, 11) is 1.74. The fraction of sp³-hybridized carbons (Fsp3) is 0.545.